The van der Waals surface area contributed by atoms with Crippen molar-refractivity contribution in [1.82, 2.24) is 29.7 Å². The lowest BCUT2D eigenvalue weighted by molar-refractivity contribution is -0.112. The standard InChI is InChI=1S/C30H35FN8O2/c1-18-24-11-20(30(24,2)3)12-26(18)36-29(37-39-16-33-34-17-39)35-21-6-8-23-27(13-21)32-15-38(28(23)40)10-9-19-5-7-22(41-4)14-25(19)31/h5-8,13-18,20,24,26H,9-12H2,1-4H3,(H2,35,36,37)/t18-,20-,24-,26+/m1/s1. The highest BCUT2D eigenvalue weighted by Crippen LogP contribution is 2.61. The van der Waals surface area contributed by atoms with Gasteiger partial charge in [0.05, 0.1) is 24.3 Å². The molecule has 2 bridgehead atoms. The average Bonchev–Trinajstić information content (AvgIpc) is 3.47. The lowest BCUT2D eigenvalue weighted by atomic mass is 9.45. The largest absolute Gasteiger partial charge is 0.497 e. The summed E-state index contributed by atoms with van der Waals surface area (Å²) in [4.78, 5) is 17.7. The molecule has 2 N–H and O–H groups in total. The van der Waals surface area contributed by atoms with Crippen LogP contribution in [0.25, 0.3) is 10.9 Å². The molecule has 7 rings (SSSR count). The van der Waals surface area contributed by atoms with Gasteiger partial charge in [-0.15, -0.1) is 15.3 Å². The SMILES string of the molecule is COc1ccc(CCn2cnc3cc(NC(=Nn4cnnc4)N[C@H]4C[C@H]5C[C@H]([C@H]4C)C5(C)C)ccc3c2=O)c(F)c1. The third kappa shape index (κ3) is 5.16. The van der Waals surface area contributed by atoms with Crippen LogP contribution in [0, 0.1) is 29.0 Å². The number of aromatic nitrogens is 5. The van der Waals surface area contributed by atoms with Crippen LogP contribution in [0.4, 0.5) is 10.1 Å². The molecule has 4 atom stereocenters. The summed E-state index contributed by atoms with van der Waals surface area (Å²) in [7, 11) is 1.50. The topological polar surface area (TPSA) is 111 Å². The number of methoxy groups -OCH3 is 1. The van der Waals surface area contributed by atoms with Gasteiger partial charge in [0.25, 0.3) is 5.56 Å². The number of hydrogen-bond donors (Lipinski definition) is 2. The van der Waals surface area contributed by atoms with Gasteiger partial charge in [-0.05, 0) is 72.3 Å². The van der Waals surface area contributed by atoms with Crippen LogP contribution in [0.5, 0.6) is 5.75 Å². The summed E-state index contributed by atoms with van der Waals surface area (Å²) in [5, 5.41) is 19.9. The third-order valence-corrected chi connectivity index (χ3v) is 9.27. The molecule has 2 aromatic carbocycles. The van der Waals surface area contributed by atoms with E-state index in [9.17, 15) is 9.18 Å². The fourth-order valence-corrected chi connectivity index (χ4v) is 6.60. The first-order chi connectivity index (χ1) is 19.7. The Kier molecular flexibility index (Phi) is 6.96. The first-order valence-corrected chi connectivity index (χ1v) is 14.0. The average molecular weight is 559 g/mol. The zero-order valence-corrected chi connectivity index (χ0v) is 23.7. The van der Waals surface area contributed by atoms with Crippen LogP contribution < -0.4 is 20.9 Å². The third-order valence-electron chi connectivity index (χ3n) is 9.27. The van der Waals surface area contributed by atoms with Gasteiger partial charge >= 0.3 is 0 Å². The van der Waals surface area contributed by atoms with Crippen molar-refractivity contribution in [3.8, 4) is 5.75 Å². The molecule has 11 heteroatoms. The molecule has 0 saturated heterocycles. The van der Waals surface area contributed by atoms with E-state index in [1.807, 2.05) is 12.1 Å². The van der Waals surface area contributed by atoms with Crippen molar-refractivity contribution in [2.75, 3.05) is 12.4 Å². The Balaban J connectivity index is 1.20. The van der Waals surface area contributed by atoms with Crippen molar-refractivity contribution in [1.29, 1.82) is 0 Å². The first-order valence-electron chi connectivity index (χ1n) is 14.0. The molecule has 214 valence electrons. The molecule has 41 heavy (non-hydrogen) atoms. The van der Waals surface area contributed by atoms with E-state index in [1.165, 1.54) is 43.1 Å². The second kappa shape index (κ2) is 10.6. The minimum absolute atomic E-state index is 0.176. The molecule has 0 amide bonds. The van der Waals surface area contributed by atoms with Gasteiger partial charge < -0.3 is 15.4 Å². The predicted octanol–water partition coefficient (Wildman–Crippen LogP) is 4.27. The Bertz CT molecular complexity index is 1650. The Labute approximate surface area is 237 Å². The number of guanidine groups is 1. The number of benzene rings is 2. The summed E-state index contributed by atoms with van der Waals surface area (Å²) in [5.41, 5.74) is 2.03. The molecule has 0 unspecified atom stereocenters. The lowest BCUT2D eigenvalue weighted by Gasteiger charge is -2.62. The summed E-state index contributed by atoms with van der Waals surface area (Å²) in [6.07, 6.45) is 7.33. The minimum atomic E-state index is -0.359. The number of anilines is 1. The summed E-state index contributed by atoms with van der Waals surface area (Å²) in [6, 6.07) is 10.5. The predicted molar refractivity (Wildman–Crippen MR) is 155 cm³/mol. The summed E-state index contributed by atoms with van der Waals surface area (Å²) in [6.45, 7) is 7.40. The van der Waals surface area contributed by atoms with E-state index in [0.29, 0.717) is 64.3 Å². The number of rotatable bonds is 7. The van der Waals surface area contributed by atoms with Gasteiger partial charge in [0.1, 0.15) is 24.2 Å². The molecule has 3 aliphatic rings. The van der Waals surface area contributed by atoms with E-state index in [0.717, 1.165) is 12.1 Å². The van der Waals surface area contributed by atoms with Crippen molar-refractivity contribution in [3.05, 3.63) is 77.1 Å². The Morgan fingerprint density at radius 1 is 1.15 bits per heavy atom. The highest BCUT2D eigenvalue weighted by Gasteiger charge is 2.56. The summed E-state index contributed by atoms with van der Waals surface area (Å²) in [5.74, 6) is 2.57. The number of ether oxygens (including phenoxy) is 1. The highest BCUT2D eigenvalue weighted by atomic mass is 19.1. The fourth-order valence-electron chi connectivity index (χ4n) is 6.60. The molecule has 3 aliphatic carbocycles. The van der Waals surface area contributed by atoms with Crippen LogP contribution in [-0.2, 0) is 13.0 Å². The van der Waals surface area contributed by atoms with E-state index in [1.54, 1.807) is 22.9 Å². The lowest BCUT2D eigenvalue weighted by Crippen LogP contribution is -2.61. The Hall–Kier alpha value is -4.28. The molecule has 0 aliphatic heterocycles. The van der Waals surface area contributed by atoms with Crippen molar-refractivity contribution in [2.45, 2.75) is 52.6 Å². The van der Waals surface area contributed by atoms with Crippen LogP contribution in [0.3, 0.4) is 0 Å². The Morgan fingerprint density at radius 3 is 2.66 bits per heavy atom. The minimum Gasteiger partial charge on any atom is -0.497 e. The second-order valence-corrected chi connectivity index (χ2v) is 11.8. The summed E-state index contributed by atoms with van der Waals surface area (Å²) < 4.78 is 22.5. The number of fused-ring (bicyclic) bond motifs is 3. The van der Waals surface area contributed by atoms with E-state index in [2.05, 4.69) is 51.7 Å². The van der Waals surface area contributed by atoms with Gasteiger partial charge in [-0.2, -0.15) is 0 Å². The van der Waals surface area contributed by atoms with Gasteiger partial charge in [0, 0.05) is 24.3 Å². The van der Waals surface area contributed by atoms with Gasteiger partial charge in [-0.3, -0.25) is 9.36 Å². The molecule has 4 aromatic rings. The molecule has 3 saturated carbocycles. The second-order valence-electron chi connectivity index (χ2n) is 11.8. The van der Waals surface area contributed by atoms with E-state index in [4.69, 9.17) is 4.74 Å². The molecular weight excluding hydrogens is 523 g/mol. The van der Waals surface area contributed by atoms with Crippen molar-refractivity contribution in [3.63, 3.8) is 0 Å². The number of hydrogen-bond acceptors (Lipinski definition) is 6. The number of nitrogens with one attached hydrogen (secondary N) is 2. The van der Waals surface area contributed by atoms with Crippen molar-refractivity contribution in [2.24, 2.45) is 28.3 Å². The number of aryl methyl sites for hydroxylation is 2. The molecule has 0 spiro atoms. The zero-order chi connectivity index (χ0) is 28.7. The summed E-state index contributed by atoms with van der Waals surface area (Å²) >= 11 is 0. The van der Waals surface area contributed by atoms with Crippen LogP contribution in [0.1, 0.15) is 39.2 Å². The molecule has 2 heterocycles. The van der Waals surface area contributed by atoms with Crippen LogP contribution in [0.15, 0.2) is 65.3 Å². The molecule has 3 fully saturated rings. The van der Waals surface area contributed by atoms with Crippen molar-refractivity contribution < 1.29 is 9.13 Å². The van der Waals surface area contributed by atoms with E-state index in [-0.39, 0.29) is 17.4 Å². The van der Waals surface area contributed by atoms with E-state index < -0.39 is 0 Å². The number of nitrogens with zero attached hydrogens (tertiary/aromatic N) is 6. The molecular formula is C30H35FN8O2. The Morgan fingerprint density at radius 2 is 1.95 bits per heavy atom. The maximum atomic E-state index is 14.4. The smallest absolute Gasteiger partial charge is 0.261 e. The van der Waals surface area contributed by atoms with Crippen LogP contribution in [-0.4, -0.2) is 43.5 Å². The van der Waals surface area contributed by atoms with E-state index >= 15 is 0 Å². The highest BCUT2D eigenvalue weighted by molar-refractivity contribution is 5.95. The fraction of sp³-hybridized carbons (Fsp3) is 0.433. The maximum absolute atomic E-state index is 14.4. The molecule has 10 nitrogen and oxygen atoms in total. The van der Waals surface area contributed by atoms with Gasteiger partial charge in [-0.1, -0.05) is 26.8 Å². The zero-order valence-electron chi connectivity index (χ0n) is 23.7. The quantitative estimate of drug-likeness (QED) is 0.257. The van der Waals surface area contributed by atoms with Gasteiger partial charge in [0.15, 0.2) is 0 Å². The normalized spacial score (nSPS) is 23.2. The van der Waals surface area contributed by atoms with Crippen LogP contribution in [0.2, 0.25) is 0 Å². The van der Waals surface area contributed by atoms with Gasteiger partial charge in [0.2, 0.25) is 5.96 Å². The molecule has 2 aromatic heterocycles. The van der Waals surface area contributed by atoms with Gasteiger partial charge in [-0.25, -0.2) is 14.1 Å². The van der Waals surface area contributed by atoms with Crippen molar-refractivity contribution >= 4 is 22.5 Å². The monoisotopic (exact) mass is 558 g/mol. The molecule has 0 radical (unpaired) electrons. The first kappa shape index (κ1) is 26.9. The van der Waals surface area contributed by atoms with Crippen LogP contribution >= 0.6 is 0 Å². The number of halogens is 1. The maximum Gasteiger partial charge on any atom is 0.261 e.